The molecule has 1 aromatic carbocycles. The van der Waals surface area contributed by atoms with E-state index in [1.54, 1.807) is 6.92 Å². The lowest BCUT2D eigenvalue weighted by Crippen LogP contribution is -2.32. The minimum absolute atomic E-state index is 0.144. The molecule has 4 aromatic rings. The second-order valence-electron chi connectivity index (χ2n) is 7.62. The highest BCUT2D eigenvalue weighted by molar-refractivity contribution is 7.25. The number of hydrogen-bond donors (Lipinski definition) is 1. The molecule has 0 fully saturated rings. The first-order chi connectivity index (χ1) is 12.9. The summed E-state index contributed by atoms with van der Waals surface area (Å²) < 4.78 is 6.12. The topological polar surface area (TPSA) is 67.9 Å². The van der Waals surface area contributed by atoms with Crippen LogP contribution in [0, 0.1) is 6.92 Å². The zero-order valence-corrected chi connectivity index (χ0v) is 16.2. The van der Waals surface area contributed by atoms with Gasteiger partial charge in [-0.2, -0.15) is 0 Å². The Morgan fingerprint density at radius 3 is 2.70 bits per heavy atom. The molecule has 5 nitrogen and oxygen atoms in total. The van der Waals surface area contributed by atoms with E-state index in [2.05, 4.69) is 35.9 Å². The van der Waals surface area contributed by atoms with Crippen LogP contribution in [0.3, 0.4) is 0 Å². The molecule has 0 saturated heterocycles. The first-order valence-electron chi connectivity index (χ1n) is 8.97. The number of nitrogens with zero attached hydrogens (tertiary/aromatic N) is 2. The first kappa shape index (κ1) is 16.6. The van der Waals surface area contributed by atoms with Crippen LogP contribution in [-0.2, 0) is 17.8 Å². The Morgan fingerprint density at radius 1 is 1.15 bits per heavy atom. The van der Waals surface area contributed by atoms with Crippen molar-refractivity contribution in [2.24, 2.45) is 0 Å². The minimum Gasteiger partial charge on any atom is -0.370 e. The summed E-state index contributed by atoms with van der Waals surface area (Å²) in [5.74, 6) is 0. The van der Waals surface area contributed by atoms with Crippen LogP contribution in [0.15, 0.2) is 35.1 Å². The van der Waals surface area contributed by atoms with Gasteiger partial charge in [0, 0.05) is 22.9 Å². The number of rotatable bonds is 1. The first-order valence-corrected chi connectivity index (χ1v) is 9.79. The van der Waals surface area contributed by atoms with Crippen LogP contribution in [0.2, 0.25) is 0 Å². The fraction of sp³-hybridized carbons (Fsp3) is 0.286. The zero-order chi connectivity index (χ0) is 18.8. The third-order valence-corrected chi connectivity index (χ3v) is 6.11. The third-order valence-electron chi connectivity index (χ3n) is 5.12. The number of aromatic amines is 1. The maximum Gasteiger partial charge on any atom is 0.270 e. The van der Waals surface area contributed by atoms with Crippen molar-refractivity contribution in [3.05, 3.63) is 57.5 Å². The van der Waals surface area contributed by atoms with E-state index in [0.717, 1.165) is 43.8 Å². The summed E-state index contributed by atoms with van der Waals surface area (Å²) in [7, 11) is 0. The normalized spacial score (nSPS) is 16.0. The molecule has 27 heavy (non-hydrogen) atoms. The van der Waals surface area contributed by atoms with Crippen molar-refractivity contribution in [1.29, 1.82) is 0 Å². The molecule has 0 bridgehead atoms. The molecular weight excluding hydrogens is 358 g/mol. The Balaban J connectivity index is 1.92. The summed E-state index contributed by atoms with van der Waals surface area (Å²) in [6, 6.07) is 10.2. The average Bonchev–Trinajstić information content (AvgIpc) is 2.98. The van der Waals surface area contributed by atoms with E-state index in [-0.39, 0.29) is 11.2 Å². The molecule has 0 saturated carbocycles. The molecule has 0 radical (unpaired) electrons. The van der Waals surface area contributed by atoms with E-state index in [4.69, 9.17) is 9.72 Å². The Labute approximate surface area is 160 Å². The quantitative estimate of drug-likeness (QED) is 0.535. The molecule has 4 heterocycles. The summed E-state index contributed by atoms with van der Waals surface area (Å²) in [4.78, 5) is 26.3. The van der Waals surface area contributed by atoms with Gasteiger partial charge < -0.3 is 9.72 Å². The molecule has 6 heteroatoms. The van der Waals surface area contributed by atoms with Crippen molar-refractivity contribution >= 4 is 31.9 Å². The molecule has 0 atom stereocenters. The molecule has 1 aliphatic rings. The predicted octanol–water partition coefficient (Wildman–Crippen LogP) is 4.36. The van der Waals surface area contributed by atoms with Crippen LogP contribution in [0.4, 0.5) is 0 Å². The number of aromatic nitrogens is 3. The van der Waals surface area contributed by atoms with Gasteiger partial charge in [-0.05, 0) is 26.3 Å². The molecule has 0 spiro atoms. The number of thiophene rings is 1. The lowest BCUT2D eigenvalue weighted by Gasteiger charge is -2.33. The Hall–Kier alpha value is -2.57. The maximum atomic E-state index is 12.0. The SMILES string of the molecule is Cc1nc2c([nH]c1=O)sc1nc(-c3ccccc3)c3c(c12)CC(C)(C)OC3. The predicted molar refractivity (Wildman–Crippen MR) is 108 cm³/mol. The van der Waals surface area contributed by atoms with Gasteiger partial charge in [-0.3, -0.25) is 4.79 Å². The number of hydrogen-bond acceptors (Lipinski definition) is 5. The van der Waals surface area contributed by atoms with Crippen molar-refractivity contribution in [2.45, 2.75) is 39.4 Å². The van der Waals surface area contributed by atoms with E-state index < -0.39 is 0 Å². The highest BCUT2D eigenvalue weighted by Crippen LogP contribution is 2.42. The maximum absolute atomic E-state index is 12.0. The standard InChI is InChI=1S/C21H19N3O2S/c1-11-18(25)24-20-17(22-11)15-13-9-21(2,3)26-10-14(13)16(23-19(15)27-20)12-7-5-4-6-8-12/h4-8H,9-10H2,1-3H3,(H,24,25). The molecule has 5 rings (SSSR count). The number of nitrogens with one attached hydrogen (secondary N) is 1. The molecule has 3 aromatic heterocycles. The summed E-state index contributed by atoms with van der Waals surface area (Å²) in [5, 5.41) is 1.06. The number of fused-ring (bicyclic) bond motifs is 5. The van der Waals surface area contributed by atoms with Gasteiger partial charge in [0.1, 0.15) is 20.9 Å². The van der Waals surface area contributed by atoms with Crippen LogP contribution in [0.5, 0.6) is 0 Å². The summed E-state index contributed by atoms with van der Waals surface area (Å²) in [6.07, 6.45) is 0.785. The largest absolute Gasteiger partial charge is 0.370 e. The van der Waals surface area contributed by atoms with Gasteiger partial charge in [0.2, 0.25) is 0 Å². The molecule has 0 amide bonds. The van der Waals surface area contributed by atoms with Crippen LogP contribution in [0.25, 0.3) is 31.8 Å². The molecule has 1 aliphatic heterocycles. The van der Waals surface area contributed by atoms with Gasteiger partial charge in [-0.15, -0.1) is 0 Å². The molecule has 0 aliphatic carbocycles. The van der Waals surface area contributed by atoms with E-state index >= 15 is 0 Å². The van der Waals surface area contributed by atoms with Crippen molar-refractivity contribution in [3.63, 3.8) is 0 Å². The Morgan fingerprint density at radius 2 is 1.93 bits per heavy atom. The lowest BCUT2D eigenvalue weighted by atomic mass is 9.88. The van der Waals surface area contributed by atoms with Gasteiger partial charge in [0.05, 0.1) is 17.9 Å². The van der Waals surface area contributed by atoms with E-state index in [1.807, 2.05) is 18.2 Å². The number of pyridine rings is 1. The van der Waals surface area contributed by atoms with E-state index in [0.29, 0.717) is 12.3 Å². The van der Waals surface area contributed by atoms with E-state index in [9.17, 15) is 4.79 Å². The molecule has 0 unspecified atom stereocenters. The van der Waals surface area contributed by atoms with Gasteiger partial charge >= 0.3 is 0 Å². The molecule has 136 valence electrons. The second kappa shape index (κ2) is 5.71. The zero-order valence-electron chi connectivity index (χ0n) is 15.4. The Kier molecular flexibility index (Phi) is 3.51. The van der Waals surface area contributed by atoms with Crippen molar-refractivity contribution in [3.8, 4) is 11.3 Å². The number of ether oxygens (including phenoxy) is 1. The lowest BCUT2D eigenvalue weighted by molar-refractivity contribution is -0.0394. The highest BCUT2D eigenvalue weighted by Gasteiger charge is 2.31. The van der Waals surface area contributed by atoms with Crippen molar-refractivity contribution in [2.75, 3.05) is 0 Å². The van der Waals surface area contributed by atoms with Crippen LogP contribution in [0.1, 0.15) is 30.7 Å². The van der Waals surface area contributed by atoms with Crippen LogP contribution in [-0.4, -0.2) is 20.6 Å². The Bertz CT molecular complexity index is 1260. The molecular formula is C21H19N3O2S. The highest BCUT2D eigenvalue weighted by atomic mass is 32.1. The van der Waals surface area contributed by atoms with Gasteiger partial charge in [0.25, 0.3) is 5.56 Å². The number of H-pyrrole nitrogens is 1. The summed E-state index contributed by atoms with van der Waals surface area (Å²) in [5.41, 5.74) is 5.32. The minimum atomic E-state index is -0.249. The molecule has 1 N–H and O–H groups in total. The summed E-state index contributed by atoms with van der Waals surface area (Å²) >= 11 is 1.50. The van der Waals surface area contributed by atoms with Crippen LogP contribution >= 0.6 is 11.3 Å². The monoisotopic (exact) mass is 377 g/mol. The van der Waals surface area contributed by atoms with Crippen LogP contribution < -0.4 is 5.56 Å². The smallest absolute Gasteiger partial charge is 0.270 e. The fourth-order valence-corrected chi connectivity index (χ4v) is 4.80. The summed E-state index contributed by atoms with van der Waals surface area (Å²) in [6.45, 7) is 6.49. The number of aryl methyl sites for hydroxylation is 1. The van der Waals surface area contributed by atoms with Crippen molar-refractivity contribution < 1.29 is 4.74 Å². The van der Waals surface area contributed by atoms with Gasteiger partial charge in [-0.1, -0.05) is 41.7 Å². The third kappa shape index (κ3) is 2.59. The van der Waals surface area contributed by atoms with Gasteiger partial charge in [0.15, 0.2) is 0 Å². The average molecular weight is 377 g/mol. The fourth-order valence-electron chi connectivity index (χ4n) is 3.76. The van der Waals surface area contributed by atoms with Crippen molar-refractivity contribution in [1.82, 2.24) is 15.0 Å². The second-order valence-corrected chi connectivity index (χ2v) is 8.62. The van der Waals surface area contributed by atoms with E-state index in [1.165, 1.54) is 16.9 Å². The van der Waals surface area contributed by atoms with Gasteiger partial charge in [-0.25, -0.2) is 9.97 Å². The number of benzene rings is 1.